The first-order valence-corrected chi connectivity index (χ1v) is 17.6. The minimum atomic E-state index is -1.15. The van der Waals surface area contributed by atoms with Crippen molar-refractivity contribution in [2.75, 3.05) is 11.5 Å². The quantitative estimate of drug-likeness (QED) is 0.132. The summed E-state index contributed by atoms with van der Waals surface area (Å²) >= 11 is 0. The number of halogens is 1. The maximum absolute atomic E-state index is 15.6. The zero-order chi connectivity index (χ0) is 27.3. The van der Waals surface area contributed by atoms with Crippen LogP contribution in [0, 0.1) is 17.7 Å². The number of carbonyl (C=O) groups excluding carboxylic acids is 1. The van der Waals surface area contributed by atoms with E-state index in [1.54, 1.807) is 15.9 Å². The van der Waals surface area contributed by atoms with E-state index >= 15 is 4.39 Å². The van der Waals surface area contributed by atoms with Crippen molar-refractivity contribution in [3.05, 3.63) is 72.1 Å². The van der Waals surface area contributed by atoms with Crippen LogP contribution < -0.4 is 4.90 Å². The van der Waals surface area contributed by atoms with Crippen LogP contribution in [0.5, 0.6) is 0 Å². The lowest BCUT2D eigenvalue weighted by atomic mass is 9.78. The van der Waals surface area contributed by atoms with Crippen molar-refractivity contribution >= 4 is 30.7 Å². The molecule has 0 bridgehead atoms. The summed E-state index contributed by atoms with van der Waals surface area (Å²) in [5.74, 6) is -0.101. The third-order valence-corrected chi connectivity index (χ3v) is 9.66. The fraction of sp³-hybridized carbons (Fsp3) is 0.433. The molecule has 1 saturated heterocycles. The second-order valence-electron chi connectivity index (χ2n) is 12.1. The van der Waals surface area contributed by atoms with Crippen molar-refractivity contribution in [1.29, 1.82) is 0 Å². The van der Waals surface area contributed by atoms with Gasteiger partial charge in [-0.15, -0.1) is 0 Å². The zero-order valence-electron chi connectivity index (χ0n) is 23.1. The highest BCUT2D eigenvalue weighted by Gasteiger charge is 2.55. The molecule has 0 N–H and O–H groups in total. The minimum absolute atomic E-state index is 0.0686. The SMILES string of the molecule is CCc1ccn(-c2ccc(C3C(C4CC4)C(=O)N3c3ccc4c(c3)ncn4COCC[Si](C)(C)C)c(F)c2)n1. The molecule has 2 aliphatic rings. The highest BCUT2D eigenvalue weighted by molar-refractivity contribution is 6.76. The van der Waals surface area contributed by atoms with Gasteiger partial charge in [0.2, 0.25) is 5.91 Å². The minimum Gasteiger partial charge on any atom is -0.361 e. The molecule has 1 saturated carbocycles. The molecule has 0 spiro atoms. The Labute approximate surface area is 229 Å². The number of rotatable bonds is 10. The molecule has 0 radical (unpaired) electrons. The number of aryl methyl sites for hydroxylation is 1. The third kappa shape index (κ3) is 5.05. The van der Waals surface area contributed by atoms with Gasteiger partial charge in [-0.2, -0.15) is 5.10 Å². The van der Waals surface area contributed by atoms with Gasteiger partial charge in [-0.1, -0.05) is 32.6 Å². The molecule has 1 aliphatic heterocycles. The average Bonchev–Trinajstić information content (AvgIpc) is 3.44. The molecule has 2 aromatic carbocycles. The first-order valence-electron chi connectivity index (χ1n) is 13.9. The molecule has 4 aromatic rings. The number of ether oxygens (including phenoxy) is 1. The average molecular weight is 546 g/mol. The topological polar surface area (TPSA) is 65.2 Å². The smallest absolute Gasteiger partial charge is 0.233 e. The first kappa shape index (κ1) is 25.9. The van der Waals surface area contributed by atoms with Crippen LogP contribution >= 0.6 is 0 Å². The number of hydrogen-bond donors (Lipinski definition) is 0. The number of imidazole rings is 1. The van der Waals surface area contributed by atoms with E-state index in [9.17, 15) is 4.79 Å². The first-order chi connectivity index (χ1) is 18.7. The largest absolute Gasteiger partial charge is 0.361 e. The van der Waals surface area contributed by atoms with Gasteiger partial charge in [0.25, 0.3) is 0 Å². The van der Waals surface area contributed by atoms with Crippen LogP contribution in [0.2, 0.25) is 25.7 Å². The highest BCUT2D eigenvalue weighted by atomic mass is 28.3. The van der Waals surface area contributed by atoms with Crippen LogP contribution in [0.4, 0.5) is 10.1 Å². The number of fused-ring (bicyclic) bond motifs is 1. The number of nitrogens with zero attached hydrogens (tertiary/aromatic N) is 5. The number of hydrogen-bond acceptors (Lipinski definition) is 4. The van der Waals surface area contributed by atoms with Crippen LogP contribution in [-0.2, 0) is 22.7 Å². The number of benzene rings is 2. The molecule has 2 atom stereocenters. The Kier molecular flexibility index (Phi) is 6.67. The molecule has 9 heteroatoms. The predicted molar refractivity (Wildman–Crippen MR) is 153 cm³/mol. The van der Waals surface area contributed by atoms with Crippen molar-refractivity contribution in [2.45, 2.75) is 64.6 Å². The number of anilines is 1. The summed E-state index contributed by atoms with van der Waals surface area (Å²) < 4.78 is 25.3. The second-order valence-corrected chi connectivity index (χ2v) is 17.7. The Morgan fingerprint density at radius 2 is 1.87 bits per heavy atom. The van der Waals surface area contributed by atoms with Crippen molar-refractivity contribution in [2.24, 2.45) is 11.8 Å². The van der Waals surface area contributed by atoms with Gasteiger partial charge in [0.15, 0.2) is 0 Å². The van der Waals surface area contributed by atoms with Gasteiger partial charge >= 0.3 is 0 Å². The van der Waals surface area contributed by atoms with Gasteiger partial charge in [0, 0.05) is 32.1 Å². The molecule has 3 heterocycles. The lowest BCUT2D eigenvalue weighted by molar-refractivity contribution is -0.131. The number of aromatic nitrogens is 4. The molecule has 6 rings (SSSR count). The van der Waals surface area contributed by atoms with Crippen LogP contribution in [0.3, 0.4) is 0 Å². The summed E-state index contributed by atoms with van der Waals surface area (Å²) in [5.41, 5.74) is 4.69. The Bertz CT molecular complexity index is 1520. The summed E-state index contributed by atoms with van der Waals surface area (Å²) in [5, 5.41) is 4.51. The van der Waals surface area contributed by atoms with E-state index in [-0.39, 0.29) is 23.7 Å². The van der Waals surface area contributed by atoms with E-state index in [0.29, 0.717) is 23.9 Å². The van der Waals surface area contributed by atoms with E-state index in [0.717, 1.165) is 54.3 Å². The maximum Gasteiger partial charge on any atom is 0.233 e. The molecule has 1 aliphatic carbocycles. The Hall–Kier alpha value is -3.30. The molecular formula is C30H36FN5O2Si. The maximum atomic E-state index is 15.6. The standard InChI is InChI=1S/C30H36FN5O2Si/c1-5-21-12-13-35(33-21)22-8-10-24(25(31)16-22)29-28(20-6-7-20)30(37)36(29)23-9-11-27-26(17-23)32-18-34(27)19-38-14-15-39(2,3)4/h8-13,16-18,20,28-29H,5-7,14-15,19H2,1-4H3. The molecule has 204 valence electrons. The van der Waals surface area contributed by atoms with Crippen molar-refractivity contribution in [3.8, 4) is 5.69 Å². The normalized spacial score (nSPS) is 19.6. The molecule has 2 unspecified atom stereocenters. The second kappa shape index (κ2) is 10.0. The van der Waals surface area contributed by atoms with Crippen LogP contribution in [0.15, 0.2) is 55.0 Å². The summed E-state index contributed by atoms with van der Waals surface area (Å²) in [6.45, 7) is 10.2. The molecule has 7 nitrogen and oxygen atoms in total. The molecule has 2 aromatic heterocycles. The van der Waals surface area contributed by atoms with E-state index in [2.05, 4.69) is 29.7 Å². The molecular weight excluding hydrogens is 509 g/mol. The van der Waals surface area contributed by atoms with Crippen LogP contribution in [0.25, 0.3) is 16.7 Å². The zero-order valence-corrected chi connectivity index (χ0v) is 24.1. The van der Waals surface area contributed by atoms with Crippen molar-refractivity contribution in [1.82, 2.24) is 19.3 Å². The summed E-state index contributed by atoms with van der Waals surface area (Å²) in [7, 11) is -1.15. The number of carbonyl (C=O) groups is 1. The summed E-state index contributed by atoms with van der Waals surface area (Å²) in [4.78, 5) is 19.7. The Balaban J connectivity index is 1.25. The number of amides is 1. The monoisotopic (exact) mass is 545 g/mol. The molecule has 1 amide bonds. The van der Waals surface area contributed by atoms with Gasteiger partial charge in [0.1, 0.15) is 12.5 Å². The third-order valence-electron chi connectivity index (χ3n) is 7.95. The van der Waals surface area contributed by atoms with Gasteiger partial charge in [-0.25, -0.2) is 14.1 Å². The highest BCUT2D eigenvalue weighted by Crippen LogP contribution is 2.54. The van der Waals surface area contributed by atoms with Crippen molar-refractivity contribution in [3.63, 3.8) is 0 Å². The predicted octanol–water partition coefficient (Wildman–Crippen LogP) is 6.35. The van der Waals surface area contributed by atoms with Gasteiger partial charge in [-0.3, -0.25) is 4.79 Å². The lowest BCUT2D eigenvalue weighted by Gasteiger charge is -2.48. The van der Waals surface area contributed by atoms with E-state index in [4.69, 9.17) is 4.74 Å². The van der Waals surface area contributed by atoms with Crippen LogP contribution in [-0.4, -0.2) is 39.9 Å². The fourth-order valence-electron chi connectivity index (χ4n) is 5.48. The van der Waals surface area contributed by atoms with Crippen molar-refractivity contribution < 1.29 is 13.9 Å². The number of β-lactam (4-membered cyclic amide) rings is 1. The van der Waals surface area contributed by atoms with Crippen LogP contribution in [0.1, 0.15) is 37.1 Å². The van der Waals surface area contributed by atoms with E-state index < -0.39 is 8.07 Å². The summed E-state index contributed by atoms with van der Waals surface area (Å²) in [6.07, 6.45) is 6.50. The lowest BCUT2D eigenvalue weighted by Crippen LogP contribution is -2.56. The molecule has 39 heavy (non-hydrogen) atoms. The van der Waals surface area contributed by atoms with E-state index in [1.807, 2.05) is 54.1 Å². The Morgan fingerprint density at radius 3 is 2.56 bits per heavy atom. The molecule has 2 fully saturated rings. The summed E-state index contributed by atoms with van der Waals surface area (Å²) in [6, 6.07) is 13.8. The van der Waals surface area contributed by atoms with Gasteiger partial charge in [-0.05, 0) is 67.6 Å². The van der Waals surface area contributed by atoms with E-state index in [1.165, 1.54) is 6.07 Å². The van der Waals surface area contributed by atoms with Gasteiger partial charge in [0.05, 0.1) is 40.7 Å². The fourth-order valence-corrected chi connectivity index (χ4v) is 6.24. The van der Waals surface area contributed by atoms with Gasteiger partial charge < -0.3 is 14.2 Å². The Morgan fingerprint density at radius 1 is 1.08 bits per heavy atom.